The van der Waals surface area contributed by atoms with Gasteiger partial charge in [-0.25, -0.2) is 9.18 Å². The Labute approximate surface area is 168 Å². The Morgan fingerprint density at radius 1 is 1.10 bits per heavy atom. The summed E-state index contributed by atoms with van der Waals surface area (Å²) < 4.78 is 13.0. The molecule has 0 unspecified atom stereocenters. The lowest BCUT2D eigenvalue weighted by molar-refractivity contribution is 0.0698. The first-order valence-corrected chi connectivity index (χ1v) is 9.26. The number of nitriles is 1. The molecule has 0 saturated carbocycles. The van der Waals surface area contributed by atoms with Gasteiger partial charge in [0, 0.05) is 50.4 Å². The number of piperazine rings is 1. The molecule has 150 valence electrons. The fraction of sp³-hybridized carbons (Fsp3) is 0.286. The standard InChI is InChI=1S/C21H21FN4O3/c22-16-4-2-15(3-5-16)20(27)24-19-7-6-17(14-18(19)21(28)29)26-12-10-25(11-13-26)9-1-8-23/h2-7,14H,1,9-13H2,(H,24,27)(H,28,29). The lowest BCUT2D eigenvalue weighted by Crippen LogP contribution is -2.46. The molecule has 1 saturated heterocycles. The van der Waals surface area contributed by atoms with E-state index in [0.717, 1.165) is 38.4 Å². The van der Waals surface area contributed by atoms with Gasteiger partial charge in [0.25, 0.3) is 5.91 Å². The number of carboxylic acid groups (broad SMARTS) is 1. The van der Waals surface area contributed by atoms with Gasteiger partial charge in [-0.05, 0) is 42.5 Å². The molecule has 0 bridgehead atoms. The molecule has 1 amide bonds. The van der Waals surface area contributed by atoms with E-state index in [2.05, 4.69) is 21.2 Å². The summed E-state index contributed by atoms with van der Waals surface area (Å²) in [7, 11) is 0. The van der Waals surface area contributed by atoms with Crippen LogP contribution in [0.1, 0.15) is 27.1 Å². The van der Waals surface area contributed by atoms with Crippen LogP contribution in [0.5, 0.6) is 0 Å². The number of aromatic carboxylic acids is 1. The molecule has 3 rings (SSSR count). The summed E-state index contributed by atoms with van der Waals surface area (Å²) in [6.07, 6.45) is 0.492. The number of nitrogens with zero attached hydrogens (tertiary/aromatic N) is 3. The molecule has 0 atom stereocenters. The predicted octanol–water partition coefficient (Wildman–Crippen LogP) is 2.81. The summed E-state index contributed by atoms with van der Waals surface area (Å²) in [5, 5.41) is 20.9. The highest BCUT2D eigenvalue weighted by Crippen LogP contribution is 2.25. The van der Waals surface area contributed by atoms with E-state index < -0.39 is 17.7 Å². The van der Waals surface area contributed by atoms with Crippen LogP contribution < -0.4 is 10.2 Å². The summed E-state index contributed by atoms with van der Waals surface area (Å²) in [6, 6.07) is 12.1. The van der Waals surface area contributed by atoms with E-state index >= 15 is 0 Å². The van der Waals surface area contributed by atoms with Gasteiger partial charge in [-0.2, -0.15) is 5.26 Å². The highest BCUT2D eigenvalue weighted by molar-refractivity contribution is 6.08. The number of hydrogen-bond donors (Lipinski definition) is 2. The fourth-order valence-corrected chi connectivity index (χ4v) is 3.25. The van der Waals surface area contributed by atoms with Gasteiger partial charge in [0.05, 0.1) is 17.3 Å². The minimum absolute atomic E-state index is 0.00938. The largest absolute Gasteiger partial charge is 0.478 e. The van der Waals surface area contributed by atoms with Crippen LogP contribution in [0.2, 0.25) is 0 Å². The third-order valence-electron chi connectivity index (χ3n) is 4.87. The van der Waals surface area contributed by atoms with E-state index in [4.69, 9.17) is 5.26 Å². The number of halogens is 1. The highest BCUT2D eigenvalue weighted by atomic mass is 19.1. The Kier molecular flexibility index (Phi) is 6.42. The number of rotatable bonds is 6. The van der Waals surface area contributed by atoms with Crippen LogP contribution >= 0.6 is 0 Å². The van der Waals surface area contributed by atoms with Crippen LogP contribution in [-0.4, -0.2) is 54.6 Å². The van der Waals surface area contributed by atoms with Crippen molar-refractivity contribution in [2.75, 3.05) is 42.9 Å². The summed E-state index contributed by atoms with van der Waals surface area (Å²) in [6.45, 7) is 3.79. The lowest BCUT2D eigenvalue weighted by Gasteiger charge is -2.36. The first-order valence-electron chi connectivity index (χ1n) is 9.26. The number of hydrogen-bond acceptors (Lipinski definition) is 5. The molecule has 2 N–H and O–H groups in total. The Balaban J connectivity index is 1.72. The van der Waals surface area contributed by atoms with Crippen molar-refractivity contribution < 1.29 is 19.1 Å². The maximum absolute atomic E-state index is 13.0. The molecule has 1 heterocycles. The van der Waals surface area contributed by atoms with E-state index in [-0.39, 0.29) is 16.8 Å². The molecule has 1 aliphatic heterocycles. The number of benzene rings is 2. The molecule has 1 aliphatic rings. The minimum atomic E-state index is -1.14. The lowest BCUT2D eigenvalue weighted by atomic mass is 10.1. The molecular formula is C21H21FN4O3. The van der Waals surface area contributed by atoms with Gasteiger partial charge in [-0.3, -0.25) is 9.69 Å². The zero-order valence-corrected chi connectivity index (χ0v) is 15.8. The number of amides is 1. The average molecular weight is 396 g/mol. The van der Waals surface area contributed by atoms with Crippen molar-refractivity contribution in [2.45, 2.75) is 6.42 Å². The summed E-state index contributed by atoms with van der Waals surface area (Å²) in [5.74, 6) is -2.11. The molecule has 29 heavy (non-hydrogen) atoms. The van der Waals surface area contributed by atoms with Crippen LogP contribution in [0.3, 0.4) is 0 Å². The normalized spacial score (nSPS) is 14.3. The molecule has 2 aromatic carbocycles. The van der Waals surface area contributed by atoms with Crippen molar-refractivity contribution in [3.63, 3.8) is 0 Å². The van der Waals surface area contributed by atoms with Gasteiger partial charge >= 0.3 is 5.97 Å². The molecular weight excluding hydrogens is 375 g/mol. The Morgan fingerprint density at radius 2 is 1.79 bits per heavy atom. The van der Waals surface area contributed by atoms with E-state index in [1.54, 1.807) is 18.2 Å². The summed E-state index contributed by atoms with van der Waals surface area (Å²) in [4.78, 5) is 28.4. The molecule has 0 radical (unpaired) electrons. The van der Waals surface area contributed by atoms with Crippen molar-refractivity contribution in [2.24, 2.45) is 0 Å². The number of carbonyl (C=O) groups excluding carboxylic acids is 1. The SMILES string of the molecule is N#CCCN1CCN(c2ccc(NC(=O)c3ccc(F)cc3)c(C(=O)O)c2)CC1. The zero-order chi connectivity index (χ0) is 20.8. The van der Waals surface area contributed by atoms with E-state index in [1.807, 2.05) is 0 Å². The molecule has 2 aromatic rings. The van der Waals surface area contributed by atoms with Crippen LogP contribution in [0.15, 0.2) is 42.5 Å². The van der Waals surface area contributed by atoms with Gasteiger partial charge in [0.2, 0.25) is 0 Å². The summed E-state index contributed by atoms with van der Waals surface area (Å²) in [5.41, 5.74) is 1.18. The number of nitrogens with one attached hydrogen (secondary N) is 1. The van der Waals surface area contributed by atoms with Gasteiger partial charge in [-0.15, -0.1) is 0 Å². The van der Waals surface area contributed by atoms with Gasteiger partial charge in [0.1, 0.15) is 5.82 Å². The molecule has 0 aliphatic carbocycles. The number of carboxylic acids is 1. The smallest absolute Gasteiger partial charge is 0.337 e. The summed E-state index contributed by atoms with van der Waals surface area (Å²) >= 11 is 0. The Morgan fingerprint density at radius 3 is 2.41 bits per heavy atom. The molecule has 8 heteroatoms. The van der Waals surface area contributed by atoms with Gasteiger partial charge < -0.3 is 15.3 Å². The maximum atomic E-state index is 13.0. The first kappa shape index (κ1) is 20.3. The second-order valence-electron chi connectivity index (χ2n) is 6.73. The van der Waals surface area contributed by atoms with Gasteiger partial charge in [0.15, 0.2) is 0 Å². The second kappa shape index (κ2) is 9.17. The van der Waals surface area contributed by atoms with Crippen LogP contribution in [0.25, 0.3) is 0 Å². The molecule has 7 nitrogen and oxygen atoms in total. The third kappa shape index (κ3) is 5.09. The topological polar surface area (TPSA) is 96.7 Å². The van der Waals surface area contributed by atoms with Crippen LogP contribution in [-0.2, 0) is 0 Å². The molecule has 0 aromatic heterocycles. The number of anilines is 2. The molecule has 0 spiro atoms. The number of carbonyl (C=O) groups is 2. The molecule has 1 fully saturated rings. The predicted molar refractivity (Wildman–Crippen MR) is 107 cm³/mol. The Bertz CT molecular complexity index is 932. The second-order valence-corrected chi connectivity index (χ2v) is 6.73. The van der Waals surface area contributed by atoms with Crippen molar-refractivity contribution in [3.8, 4) is 6.07 Å². The van der Waals surface area contributed by atoms with E-state index in [1.165, 1.54) is 24.3 Å². The van der Waals surface area contributed by atoms with Crippen molar-refractivity contribution in [3.05, 3.63) is 59.4 Å². The maximum Gasteiger partial charge on any atom is 0.337 e. The zero-order valence-electron chi connectivity index (χ0n) is 15.8. The van der Waals surface area contributed by atoms with E-state index in [0.29, 0.717) is 6.42 Å². The van der Waals surface area contributed by atoms with Crippen LogP contribution in [0.4, 0.5) is 15.8 Å². The Hall–Kier alpha value is -3.44. The van der Waals surface area contributed by atoms with Gasteiger partial charge in [-0.1, -0.05) is 0 Å². The quantitative estimate of drug-likeness (QED) is 0.779. The highest BCUT2D eigenvalue weighted by Gasteiger charge is 2.20. The minimum Gasteiger partial charge on any atom is -0.478 e. The van der Waals surface area contributed by atoms with Crippen molar-refractivity contribution >= 4 is 23.3 Å². The van der Waals surface area contributed by atoms with Crippen LogP contribution in [0, 0.1) is 17.1 Å². The third-order valence-corrected chi connectivity index (χ3v) is 4.87. The average Bonchev–Trinajstić information content (AvgIpc) is 2.73. The van der Waals surface area contributed by atoms with Crippen molar-refractivity contribution in [1.29, 1.82) is 5.26 Å². The fourth-order valence-electron chi connectivity index (χ4n) is 3.25. The van der Waals surface area contributed by atoms with E-state index in [9.17, 15) is 19.1 Å². The van der Waals surface area contributed by atoms with Crippen molar-refractivity contribution in [1.82, 2.24) is 4.90 Å². The first-order chi connectivity index (χ1) is 14.0. The monoisotopic (exact) mass is 396 g/mol.